The molecule has 4 nitrogen and oxygen atoms in total. The zero-order chi connectivity index (χ0) is 12.4. The average Bonchev–Trinajstić information content (AvgIpc) is 2.78. The molecule has 92 valence electrons. The summed E-state index contributed by atoms with van der Waals surface area (Å²) >= 11 is 0. The Kier molecular flexibility index (Phi) is 3.33. The van der Waals surface area contributed by atoms with Gasteiger partial charge in [-0.05, 0) is 17.7 Å². The van der Waals surface area contributed by atoms with Gasteiger partial charge in [0.1, 0.15) is 0 Å². The molecule has 0 aromatic heterocycles. The third-order valence-electron chi connectivity index (χ3n) is 3.37. The number of carboxylic acid groups (broad SMARTS) is 1. The lowest BCUT2D eigenvalue weighted by atomic mass is 9.89. The van der Waals surface area contributed by atoms with Crippen LogP contribution in [0.15, 0.2) is 24.3 Å². The summed E-state index contributed by atoms with van der Waals surface area (Å²) in [5.74, 6) is -0.930. The number of hydrogen-bond donors (Lipinski definition) is 2. The van der Waals surface area contributed by atoms with E-state index in [1.54, 1.807) is 0 Å². The number of benzene rings is 1. The molecule has 0 saturated carbocycles. The monoisotopic (exact) mass is 234 g/mol. The molecule has 1 fully saturated rings. The highest BCUT2D eigenvalue weighted by Gasteiger charge is 2.33. The molecular weight excluding hydrogens is 216 g/mol. The first-order chi connectivity index (χ1) is 8.09. The number of rotatable bonds is 3. The van der Waals surface area contributed by atoms with Crippen molar-refractivity contribution < 1.29 is 9.90 Å². The van der Waals surface area contributed by atoms with Crippen LogP contribution in [0.2, 0.25) is 0 Å². The van der Waals surface area contributed by atoms with Crippen LogP contribution in [0.4, 0.5) is 5.69 Å². The lowest BCUT2D eigenvalue weighted by molar-refractivity contribution is -0.141. The summed E-state index contributed by atoms with van der Waals surface area (Å²) in [6.45, 7) is 1.31. The number of anilines is 1. The fourth-order valence-corrected chi connectivity index (χ4v) is 2.31. The Morgan fingerprint density at radius 1 is 1.29 bits per heavy atom. The molecule has 0 spiro atoms. The Morgan fingerprint density at radius 2 is 1.94 bits per heavy atom. The smallest absolute Gasteiger partial charge is 0.308 e. The standard InChI is InChI=1S/C13H18N2O2/c1-15(2)10-5-3-9(4-6-10)11-7-14-8-12(11)13(16)17/h3-6,11-12,14H,7-8H2,1-2H3,(H,16,17)/t11-,12+/m1/s1. The van der Waals surface area contributed by atoms with E-state index in [2.05, 4.69) is 5.32 Å². The van der Waals surface area contributed by atoms with E-state index in [1.807, 2.05) is 43.3 Å². The first kappa shape index (κ1) is 11.9. The van der Waals surface area contributed by atoms with Crippen molar-refractivity contribution in [3.8, 4) is 0 Å². The second-order valence-electron chi connectivity index (χ2n) is 4.70. The molecule has 2 rings (SSSR count). The number of carbonyl (C=O) groups is 1. The highest BCUT2D eigenvalue weighted by Crippen LogP contribution is 2.29. The topological polar surface area (TPSA) is 52.6 Å². The van der Waals surface area contributed by atoms with Gasteiger partial charge in [0.2, 0.25) is 0 Å². The maximum Gasteiger partial charge on any atom is 0.308 e. The van der Waals surface area contributed by atoms with Crippen LogP contribution in [0.5, 0.6) is 0 Å². The largest absolute Gasteiger partial charge is 0.481 e. The zero-order valence-corrected chi connectivity index (χ0v) is 10.2. The van der Waals surface area contributed by atoms with Crippen LogP contribution in [-0.2, 0) is 4.79 Å². The molecule has 0 aliphatic carbocycles. The molecule has 0 unspecified atom stereocenters. The van der Waals surface area contributed by atoms with Crippen molar-refractivity contribution in [2.24, 2.45) is 5.92 Å². The molecule has 2 N–H and O–H groups in total. The van der Waals surface area contributed by atoms with Crippen molar-refractivity contribution >= 4 is 11.7 Å². The van der Waals surface area contributed by atoms with Crippen molar-refractivity contribution in [2.75, 3.05) is 32.1 Å². The van der Waals surface area contributed by atoms with E-state index in [9.17, 15) is 4.79 Å². The number of hydrogen-bond acceptors (Lipinski definition) is 3. The van der Waals surface area contributed by atoms with Crippen molar-refractivity contribution in [3.05, 3.63) is 29.8 Å². The summed E-state index contributed by atoms with van der Waals surface area (Å²) < 4.78 is 0. The van der Waals surface area contributed by atoms with E-state index in [4.69, 9.17) is 5.11 Å². The van der Waals surface area contributed by atoms with Crippen LogP contribution in [0.1, 0.15) is 11.5 Å². The summed E-state index contributed by atoms with van der Waals surface area (Å²) in [7, 11) is 3.98. The fraction of sp³-hybridized carbons (Fsp3) is 0.462. The number of nitrogens with zero attached hydrogens (tertiary/aromatic N) is 1. The Bertz CT molecular complexity index is 400. The summed E-state index contributed by atoms with van der Waals surface area (Å²) in [6.07, 6.45) is 0. The summed E-state index contributed by atoms with van der Waals surface area (Å²) in [6, 6.07) is 8.13. The van der Waals surface area contributed by atoms with Crippen LogP contribution >= 0.6 is 0 Å². The lowest BCUT2D eigenvalue weighted by Crippen LogP contribution is -2.21. The normalized spacial score (nSPS) is 23.6. The van der Waals surface area contributed by atoms with E-state index in [1.165, 1.54) is 0 Å². The minimum atomic E-state index is -0.711. The van der Waals surface area contributed by atoms with Gasteiger partial charge < -0.3 is 15.3 Å². The van der Waals surface area contributed by atoms with E-state index >= 15 is 0 Å². The molecular formula is C13H18N2O2. The van der Waals surface area contributed by atoms with Gasteiger partial charge in [0.05, 0.1) is 5.92 Å². The predicted molar refractivity (Wildman–Crippen MR) is 67.5 cm³/mol. The average molecular weight is 234 g/mol. The Morgan fingerprint density at radius 3 is 2.47 bits per heavy atom. The first-order valence-corrected chi connectivity index (χ1v) is 5.80. The second-order valence-corrected chi connectivity index (χ2v) is 4.70. The minimum absolute atomic E-state index is 0.0868. The zero-order valence-electron chi connectivity index (χ0n) is 10.2. The number of carboxylic acids is 1. The quantitative estimate of drug-likeness (QED) is 0.823. The van der Waals surface area contributed by atoms with E-state index < -0.39 is 5.97 Å². The maximum atomic E-state index is 11.1. The maximum absolute atomic E-state index is 11.1. The van der Waals surface area contributed by atoms with Gasteiger partial charge in [-0.2, -0.15) is 0 Å². The van der Waals surface area contributed by atoms with Crippen molar-refractivity contribution in [2.45, 2.75) is 5.92 Å². The van der Waals surface area contributed by atoms with Crippen molar-refractivity contribution in [1.82, 2.24) is 5.32 Å². The van der Waals surface area contributed by atoms with Gasteiger partial charge in [-0.3, -0.25) is 4.79 Å². The predicted octanol–water partition coefficient (Wildman–Crippen LogP) is 1.14. The molecule has 1 saturated heterocycles. The number of aliphatic carboxylic acids is 1. The molecule has 0 bridgehead atoms. The van der Waals surface area contributed by atoms with Gasteiger partial charge in [-0.1, -0.05) is 12.1 Å². The summed E-state index contributed by atoms with van der Waals surface area (Å²) in [5, 5.41) is 12.3. The molecule has 4 heteroatoms. The minimum Gasteiger partial charge on any atom is -0.481 e. The van der Waals surface area contributed by atoms with Crippen LogP contribution in [0.3, 0.4) is 0 Å². The van der Waals surface area contributed by atoms with Crippen LogP contribution < -0.4 is 10.2 Å². The molecule has 1 aliphatic heterocycles. The van der Waals surface area contributed by atoms with Gasteiger partial charge in [0.15, 0.2) is 0 Å². The Labute approximate surface area is 101 Å². The Hall–Kier alpha value is -1.55. The van der Waals surface area contributed by atoms with Crippen molar-refractivity contribution in [3.63, 3.8) is 0 Å². The van der Waals surface area contributed by atoms with Gasteiger partial charge >= 0.3 is 5.97 Å². The van der Waals surface area contributed by atoms with Gasteiger partial charge in [-0.15, -0.1) is 0 Å². The SMILES string of the molecule is CN(C)c1ccc([C@H]2CNC[C@@H]2C(=O)O)cc1. The van der Waals surface area contributed by atoms with Gasteiger partial charge in [-0.25, -0.2) is 0 Å². The van der Waals surface area contributed by atoms with Gasteiger partial charge in [0.25, 0.3) is 0 Å². The van der Waals surface area contributed by atoms with Crippen LogP contribution in [-0.4, -0.2) is 38.3 Å². The van der Waals surface area contributed by atoms with Crippen LogP contribution in [0, 0.1) is 5.92 Å². The molecule has 17 heavy (non-hydrogen) atoms. The third kappa shape index (κ3) is 2.42. The summed E-state index contributed by atoms with van der Waals surface area (Å²) in [5.41, 5.74) is 2.24. The van der Waals surface area contributed by atoms with Crippen molar-refractivity contribution in [1.29, 1.82) is 0 Å². The van der Waals surface area contributed by atoms with Crippen LogP contribution in [0.25, 0.3) is 0 Å². The molecule has 0 amide bonds. The third-order valence-corrected chi connectivity index (χ3v) is 3.37. The van der Waals surface area contributed by atoms with Gasteiger partial charge in [0, 0.05) is 38.8 Å². The van der Waals surface area contributed by atoms with E-state index in [0.717, 1.165) is 17.8 Å². The molecule has 1 aliphatic rings. The number of nitrogens with one attached hydrogen (secondary N) is 1. The molecule has 0 radical (unpaired) electrons. The second kappa shape index (κ2) is 4.75. The van der Waals surface area contributed by atoms with E-state index in [-0.39, 0.29) is 11.8 Å². The molecule has 2 atom stereocenters. The lowest BCUT2D eigenvalue weighted by Gasteiger charge is -2.17. The molecule has 1 aromatic rings. The molecule has 1 aromatic carbocycles. The summed E-state index contributed by atoms with van der Waals surface area (Å²) in [4.78, 5) is 13.1. The van der Waals surface area contributed by atoms with E-state index in [0.29, 0.717) is 6.54 Å². The Balaban J connectivity index is 2.19. The fourth-order valence-electron chi connectivity index (χ4n) is 2.31. The highest BCUT2D eigenvalue weighted by molar-refractivity contribution is 5.72. The first-order valence-electron chi connectivity index (χ1n) is 5.80. The highest BCUT2D eigenvalue weighted by atomic mass is 16.4. The molecule has 1 heterocycles.